The van der Waals surface area contributed by atoms with Gasteiger partial charge in [0.1, 0.15) is 18.1 Å². The quantitative estimate of drug-likeness (QED) is 0.323. The number of hydrogen-bond donors (Lipinski definition) is 1. The zero-order chi connectivity index (χ0) is 27.4. The number of hydrogen-bond acceptors (Lipinski definition) is 5. The van der Waals surface area contributed by atoms with Crippen LogP contribution < -0.4 is 9.47 Å². The number of alkyl halides is 3. The molecular weight excluding hydrogens is 491 g/mol. The van der Waals surface area contributed by atoms with Gasteiger partial charge in [0.05, 0.1) is 12.1 Å². The Hall–Kier alpha value is -3.27. The highest BCUT2D eigenvalue weighted by Gasteiger charge is 2.30. The van der Waals surface area contributed by atoms with Crippen molar-refractivity contribution in [1.82, 2.24) is 4.90 Å². The summed E-state index contributed by atoms with van der Waals surface area (Å²) in [6, 6.07) is 10.9. The zero-order valence-electron chi connectivity index (χ0n) is 21.3. The van der Waals surface area contributed by atoms with Gasteiger partial charge in [0.2, 0.25) is 0 Å². The molecule has 0 fully saturated rings. The van der Waals surface area contributed by atoms with Gasteiger partial charge in [-0.15, -0.1) is 0 Å². The maximum absolute atomic E-state index is 12.8. The fraction of sp³-hybridized carbons (Fsp3) is 0.481. The first-order valence-electron chi connectivity index (χ1n) is 12.2. The molecule has 0 aliphatic carbocycles. The second-order valence-corrected chi connectivity index (χ2v) is 8.89. The minimum atomic E-state index is -4.47. The molecule has 2 aromatic carbocycles. The van der Waals surface area contributed by atoms with E-state index in [1.54, 1.807) is 31.2 Å². The molecule has 1 N–H and O–H groups in total. The third kappa shape index (κ3) is 10.7. The molecule has 204 valence electrons. The Morgan fingerprint density at radius 3 is 2.14 bits per heavy atom. The highest BCUT2D eigenvalue weighted by molar-refractivity contribution is 5.72. The number of amides is 1. The van der Waals surface area contributed by atoms with Crippen molar-refractivity contribution in [2.45, 2.75) is 52.3 Å². The lowest BCUT2D eigenvalue weighted by molar-refractivity contribution is -0.150. The van der Waals surface area contributed by atoms with Crippen molar-refractivity contribution in [2.75, 3.05) is 26.3 Å². The van der Waals surface area contributed by atoms with Crippen LogP contribution in [0.3, 0.4) is 0 Å². The van der Waals surface area contributed by atoms with Gasteiger partial charge in [0, 0.05) is 19.6 Å². The van der Waals surface area contributed by atoms with Crippen molar-refractivity contribution in [1.29, 1.82) is 0 Å². The summed E-state index contributed by atoms with van der Waals surface area (Å²) in [5.41, 5.74) is -0.0412. The fourth-order valence-corrected chi connectivity index (χ4v) is 3.49. The topological polar surface area (TPSA) is 85.3 Å². The zero-order valence-corrected chi connectivity index (χ0v) is 21.3. The molecule has 1 atom stereocenters. The molecule has 0 bridgehead atoms. The van der Waals surface area contributed by atoms with Crippen LogP contribution in [0.4, 0.5) is 18.0 Å². The number of nitrogens with zero attached hydrogens (tertiary/aromatic N) is 1. The van der Waals surface area contributed by atoms with E-state index in [0.717, 1.165) is 42.7 Å². The maximum Gasteiger partial charge on any atom is 0.416 e. The van der Waals surface area contributed by atoms with Crippen molar-refractivity contribution in [3.63, 3.8) is 0 Å². The van der Waals surface area contributed by atoms with Crippen LogP contribution in [0.1, 0.15) is 44.7 Å². The molecular formula is C27H34F3NO6. The molecule has 0 saturated heterocycles. The third-order valence-corrected chi connectivity index (χ3v) is 5.47. The van der Waals surface area contributed by atoms with E-state index >= 15 is 0 Å². The number of rotatable bonds is 14. The van der Waals surface area contributed by atoms with Gasteiger partial charge in [-0.05, 0) is 67.6 Å². The summed E-state index contributed by atoms with van der Waals surface area (Å²) in [5, 5.41) is 9.23. The summed E-state index contributed by atoms with van der Waals surface area (Å²) in [4.78, 5) is 25.5. The number of carbonyl (C=O) groups is 2. The van der Waals surface area contributed by atoms with Crippen molar-refractivity contribution in [3.05, 3.63) is 59.7 Å². The lowest BCUT2D eigenvalue weighted by Gasteiger charge is -2.22. The fourth-order valence-electron chi connectivity index (χ4n) is 3.49. The lowest BCUT2D eigenvalue weighted by Crippen LogP contribution is -2.37. The van der Waals surface area contributed by atoms with Crippen LogP contribution in [0, 0.1) is 5.92 Å². The molecule has 0 aromatic heterocycles. The number of halogens is 3. The van der Waals surface area contributed by atoms with Crippen LogP contribution in [-0.2, 0) is 22.1 Å². The van der Waals surface area contributed by atoms with Crippen LogP contribution in [0.15, 0.2) is 48.5 Å². The van der Waals surface area contributed by atoms with E-state index in [1.165, 1.54) is 4.90 Å². The number of carboxylic acids is 1. The van der Waals surface area contributed by atoms with Crippen molar-refractivity contribution in [2.24, 2.45) is 5.92 Å². The second kappa shape index (κ2) is 14.5. The SMILES string of the molecule is CCOC(Cc1ccc(OCCN(CCCC(C)C)C(=O)Oc2ccc(C(F)(F)F)cc2)cc1)C(=O)O. The minimum absolute atomic E-state index is 0.0232. The lowest BCUT2D eigenvalue weighted by atomic mass is 10.1. The van der Waals surface area contributed by atoms with E-state index < -0.39 is 29.9 Å². The molecule has 0 spiro atoms. The van der Waals surface area contributed by atoms with E-state index in [-0.39, 0.29) is 25.3 Å². The Bertz CT molecular complexity index is 977. The Morgan fingerprint density at radius 2 is 1.59 bits per heavy atom. The minimum Gasteiger partial charge on any atom is -0.492 e. The van der Waals surface area contributed by atoms with Gasteiger partial charge in [-0.1, -0.05) is 26.0 Å². The van der Waals surface area contributed by atoms with Gasteiger partial charge in [-0.2, -0.15) is 13.2 Å². The maximum atomic E-state index is 12.8. The average molecular weight is 526 g/mol. The predicted octanol–water partition coefficient (Wildman–Crippen LogP) is 6.05. The highest BCUT2D eigenvalue weighted by atomic mass is 19.4. The largest absolute Gasteiger partial charge is 0.492 e. The number of carboxylic acid groups (broad SMARTS) is 1. The van der Waals surface area contributed by atoms with Crippen LogP contribution in [-0.4, -0.2) is 54.5 Å². The number of ether oxygens (including phenoxy) is 3. The summed E-state index contributed by atoms with van der Waals surface area (Å²) in [5.74, 6) is -0.00530. The molecule has 1 unspecified atom stereocenters. The predicted molar refractivity (Wildman–Crippen MR) is 132 cm³/mol. The van der Waals surface area contributed by atoms with E-state index in [9.17, 15) is 27.9 Å². The first-order valence-corrected chi connectivity index (χ1v) is 12.2. The number of aliphatic carboxylic acids is 1. The summed E-state index contributed by atoms with van der Waals surface area (Å²) in [6.07, 6.45) is -4.21. The second-order valence-electron chi connectivity index (χ2n) is 8.89. The molecule has 0 aliphatic rings. The monoisotopic (exact) mass is 525 g/mol. The van der Waals surface area contributed by atoms with Crippen LogP contribution in [0.5, 0.6) is 11.5 Å². The van der Waals surface area contributed by atoms with Gasteiger partial charge >= 0.3 is 18.2 Å². The molecule has 37 heavy (non-hydrogen) atoms. The molecule has 0 heterocycles. The van der Waals surface area contributed by atoms with E-state index in [1.807, 2.05) is 0 Å². The number of benzene rings is 2. The standard InChI is InChI=1S/C27H34F3NO6/c1-4-35-24(25(32)33)18-20-7-11-22(12-8-20)36-17-16-31(15-5-6-19(2)3)26(34)37-23-13-9-21(10-14-23)27(28,29)30/h7-14,19,24H,4-6,15-18H2,1-3H3,(H,32,33). The smallest absolute Gasteiger partial charge is 0.416 e. The van der Waals surface area contributed by atoms with Gasteiger partial charge < -0.3 is 24.2 Å². The molecule has 0 aliphatic heterocycles. The van der Waals surface area contributed by atoms with Gasteiger partial charge in [-0.3, -0.25) is 0 Å². The summed E-state index contributed by atoms with van der Waals surface area (Å²) in [7, 11) is 0. The Kier molecular flexibility index (Phi) is 11.7. The molecule has 0 radical (unpaired) electrons. The number of carbonyl (C=O) groups excluding carboxylic acids is 1. The van der Waals surface area contributed by atoms with E-state index in [2.05, 4.69) is 13.8 Å². The van der Waals surface area contributed by atoms with Gasteiger partial charge in [-0.25, -0.2) is 9.59 Å². The Morgan fingerprint density at radius 1 is 0.973 bits per heavy atom. The molecule has 7 nitrogen and oxygen atoms in total. The average Bonchev–Trinajstić information content (AvgIpc) is 2.83. The van der Waals surface area contributed by atoms with Gasteiger partial charge in [0.25, 0.3) is 0 Å². The molecule has 2 aromatic rings. The molecule has 0 saturated carbocycles. The summed E-state index contributed by atoms with van der Waals surface area (Å²) in [6.45, 7) is 6.97. The van der Waals surface area contributed by atoms with Crippen molar-refractivity contribution >= 4 is 12.1 Å². The van der Waals surface area contributed by atoms with E-state index in [4.69, 9.17) is 14.2 Å². The van der Waals surface area contributed by atoms with Crippen LogP contribution in [0.2, 0.25) is 0 Å². The van der Waals surface area contributed by atoms with Gasteiger partial charge in [0.15, 0.2) is 6.10 Å². The molecule has 10 heteroatoms. The summed E-state index contributed by atoms with van der Waals surface area (Å²) >= 11 is 0. The van der Waals surface area contributed by atoms with Crippen LogP contribution in [0.25, 0.3) is 0 Å². The highest BCUT2D eigenvalue weighted by Crippen LogP contribution is 2.30. The Labute approximate surface area is 215 Å². The molecule has 2 rings (SSSR count). The van der Waals surface area contributed by atoms with Crippen molar-refractivity contribution < 1.29 is 42.1 Å². The first kappa shape index (κ1) is 30.0. The van der Waals surface area contributed by atoms with Crippen molar-refractivity contribution in [3.8, 4) is 11.5 Å². The molecule has 1 amide bonds. The Balaban J connectivity index is 1.95. The third-order valence-electron chi connectivity index (χ3n) is 5.47. The normalized spacial score (nSPS) is 12.3. The van der Waals surface area contributed by atoms with E-state index in [0.29, 0.717) is 24.8 Å². The first-order chi connectivity index (χ1) is 17.5. The summed E-state index contributed by atoms with van der Waals surface area (Å²) < 4.78 is 54.6. The van der Waals surface area contributed by atoms with Crippen LogP contribution >= 0.6 is 0 Å².